The molecule has 0 aliphatic rings. The number of benzene rings is 1. The van der Waals surface area contributed by atoms with Gasteiger partial charge in [0.25, 0.3) is 0 Å². The van der Waals surface area contributed by atoms with E-state index in [-0.39, 0.29) is 0 Å². The van der Waals surface area contributed by atoms with Gasteiger partial charge >= 0.3 is 0 Å². The zero-order valence-electron chi connectivity index (χ0n) is 9.15. The van der Waals surface area contributed by atoms with Gasteiger partial charge in [-0.15, -0.1) is 0 Å². The first-order valence-electron chi connectivity index (χ1n) is 5.23. The molecule has 3 nitrogen and oxygen atoms in total. The van der Waals surface area contributed by atoms with Crippen molar-refractivity contribution in [2.24, 2.45) is 0 Å². The van der Waals surface area contributed by atoms with Gasteiger partial charge in [0, 0.05) is 34.7 Å². The highest BCUT2D eigenvalue weighted by Gasteiger charge is 1.96. The largest absolute Gasteiger partial charge is 0.383 e. The number of halogens is 1. The highest BCUT2D eigenvalue weighted by Crippen LogP contribution is 2.11. The van der Waals surface area contributed by atoms with Crippen molar-refractivity contribution >= 4 is 28.3 Å². The van der Waals surface area contributed by atoms with Crippen molar-refractivity contribution in [2.75, 3.05) is 11.9 Å². The zero-order chi connectivity index (χ0) is 11.4. The Morgan fingerprint density at radius 1 is 1.44 bits per heavy atom. The fourth-order valence-electron chi connectivity index (χ4n) is 1.56. The van der Waals surface area contributed by atoms with Crippen molar-refractivity contribution in [1.29, 1.82) is 0 Å². The first-order valence-corrected chi connectivity index (χ1v) is 6.31. The number of nitrogens with zero attached hydrogens (tertiary/aromatic N) is 2. The standard InChI is InChI=1S/C12H14IN3/c1-10-14-5-7-16(10)8-6-15-12-4-2-3-11(13)9-12/h2-5,7,9,15H,6,8H2,1H3. The van der Waals surface area contributed by atoms with Crippen LogP contribution in [0.4, 0.5) is 5.69 Å². The SMILES string of the molecule is Cc1nccn1CCNc1cccc(I)c1. The van der Waals surface area contributed by atoms with E-state index in [9.17, 15) is 0 Å². The van der Waals surface area contributed by atoms with E-state index >= 15 is 0 Å². The summed E-state index contributed by atoms with van der Waals surface area (Å²) in [6, 6.07) is 8.38. The molecule has 84 valence electrons. The van der Waals surface area contributed by atoms with Gasteiger partial charge in [0.2, 0.25) is 0 Å². The Bertz CT molecular complexity index is 465. The van der Waals surface area contributed by atoms with Crippen LogP contribution in [0.2, 0.25) is 0 Å². The summed E-state index contributed by atoms with van der Waals surface area (Å²) in [6.45, 7) is 3.88. The Morgan fingerprint density at radius 3 is 3.00 bits per heavy atom. The van der Waals surface area contributed by atoms with E-state index in [2.05, 4.69) is 61.7 Å². The number of aromatic nitrogens is 2. The second kappa shape index (κ2) is 5.34. The Balaban J connectivity index is 1.87. The second-order valence-corrected chi connectivity index (χ2v) is 4.85. The lowest BCUT2D eigenvalue weighted by atomic mass is 10.3. The van der Waals surface area contributed by atoms with Gasteiger partial charge in [-0.2, -0.15) is 0 Å². The van der Waals surface area contributed by atoms with Crippen LogP contribution in [0.15, 0.2) is 36.7 Å². The number of hydrogen-bond acceptors (Lipinski definition) is 2. The molecular formula is C12H14IN3. The molecule has 0 atom stereocenters. The summed E-state index contributed by atoms with van der Waals surface area (Å²) in [5.41, 5.74) is 1.17. The number of nitrogens with one attached hydrogen (secondary N) is 1. The number of aryl methyl sites for hydroxylation is 1. The summed E-state index contributed by atoms with van der Waals surface area (Å²) in [5.74, 6) is 1.06. The van der Waals surface area contributed by atoms with Crippen LogP contribution >= 0.6 is 22.6 Å². The van der Waals surface area contributed by atoms with Gasteiger partial charge < -0.3 is 9.88 Å². The molecule has 1 heterocycles. The molecule has 0 spiro atoms. The first-order chi connectivity index (χ1) is 7.75. The van der Waals surface area contributed by atoms with E-state index < -0.39 is 0 Å². The molecule has 0 bridgehead atoms. The van der Waals surface area contributed by atoms with Crippen LogP contribution in [-0.4, -0.2) is 16.1 Å². The number of anilines is 1. The summed E-state index contributed by atoms with van der Waals surface area (Å²) in [5, 5.41) is 3.40. The minimum absolute atomic E-state index is 0.914. The highest BCUT2D eigenvalue weighted by atomic mass is 127. The molecule has 0 unspecified atom stereocenters. The molecule has 0 radical (unpaired) electrons. The van der Waals surface area contributed by atoms with Crippen molar-refractivity contribution in [3.05, 3.63) is 46.1 Å². The third kappa shape index (κ3) is 2.98. The average Bonchev–Trinajstić information content (AvgIpc) is 2.65. The van der Waals surface area contributed by atoms with Gasteiger partial charge in [0.05, 0.1) is 0 Å². The van der Waals surface area contributed by atoms with E-state index in [1.165, 1.54) is 9.26 Å². The predicted octanol–water partition coefficient (Wildman–Crippen LogP) is 2.91. The molecule has 0 saturated carbocycles. The lowest BCUT2D eigenvalue weighted by molar-refractivity contribution is 0.701. The summed E-state index contributed by atoms with van der Waals surface area (Å²) in [4.78, 5) is 4.19. The topological polar surface area (TPSA) is 29.9 Å². The Morgan fingerprint density at radius 2 is 2.31 bits per heavy atom. The van der Waals surface area contributed by atoms with E-state index in [1.54, 1.807) is 0 Å². The zero-order valence-corrected chi connectivity index (χ0v) is 11.3. The number of rotatable bonds is 4. The summed E-state index contributed by atoms with van der Waals surface area (Å²) in [7, 11) is 0. The minimum Gasteiger partial charge on any atom is -0.383 e. The quantitative estimate of drug-likeness (QED) is 0.875. The molecule has 0 amide bonds. The van der Waals surface area contributed by atoms with Crippen LogP contribution in [0.5, 0.6) is 0 Å². The second-order valence-electron chi connectivity index (χ2n) is 3.60. The summed E-state index contributed by atoms with van der Waals surface area (Å²) in [6.07, 6.45) is 3.84. The molecule has 4 heteroatoms. The van der Waals surface area contributed by atoms with E-state index in [0.717, 1.165) is 18.9 Å². The monoisotopic (exact) mass is 327 g/mol. The first kappa shape index (κ1) is 11.4. The molecular weight excluding hydrogens is 313 g/mol. The maximum Gasteiger partial charge on any atom is 0.105 e. The third-order valence-corrected chi connectivity index (χ3v) is 3.10. The summed E-state index contributed by atoms with van der Waals surface area (Å²) < 4.78 is 3.39. The van der Waals surface area contributed by atoms with Gasteiger partial charge in [0.15, 0.2) is 0 Å². The molecule has 0 saturated heterocycles. The molecule has 2 aromatic rings. The molecule has 0 fully saturated rings. The van der Waals surface area contributed by atoms with Crippen molar-refractivity contribution in [2.45, 2.75) is 13.5 Å². The van der Waals surface area contributed by atoms with E-state index in [1.807, 2.05) is 19.3 Å². The van der Waals surface area contributed by atoms with Crippen LogP contribution in [-0.2, 0) is 6.54 Å². The van der Waals surface area contributed by atoms with Gasteiger partial charge in [-0.25, -0.2) is 4.98 Å². The van der Waals surface area contributed by atoms with Crippen LogP contribution in [0, 0.1) is 10.5 Å². The third-order valence-electron chi connectivity index (χ3n) is 2.43. The van der Waals surface area contributed by atoms with Crippen molar-refractivity contribution in [3.63, 3.8) is 0 Å². The molecule has 1 aromatic heterocycles. The smallest absolute Gasteiger partial charge is 0.105 e. The molecule has 1 N–H and O–H groups in total. The van der Waals surface area contributed by atoms with Crippen molar-refractivity contribution < 1.29 is 0 Å². The number of hydrogen-bond donors (Lipinski definition) is 1. The van der Waals surface area contributed by atoms with Gasteiger partial charge in [-0.05, 0) is 47.7 Å². The van der Waals surface area contributed by atoms with Crippen LogP contribution < -0.4 is 5.32 Å². The molecule has 2 rings (SSSR count). The van der Waals surface area contributed by atoms with Crippen LogP contribution in [0.3, 0.4) is 0 Å². The Hall–Kier alpha value is -1.04. The van der Waals surface area contributed by atoms with Crippen molar-refractivity contribution in [3.8, 4) is 0 Å². The summed E-state index contributed by atoms with van der Waals surface area (Å²) >= 11 is 2.32. The maximum absolute atomic E-state index is 4.19. The fourth-order valence-corrected chi connectivity index (χ4v) is 2.10. The molecule has 0 aliphatic carbocycles. The molecule has 0 aliphatic heterocycles. The maximum atomic E-state index is 4.19. The van der Waals surface area contributed by atoms with Gasteiger partial charge in [-0.1, -0.05) is 6.07 Å². The van der Waals surface area contributed by atoms with E-state index in [0.29, 0.717) is 0 Å². The fraction of sp³-hybridized carbons (Fsp3) is 0.250. The number of imidazole rings is 1. The van der Waals surface area contributed by atoms with Crippen molar-refractivity contribution in [1.82, 2.24) is 9.55 Å². The van der Waals surface area contributed by atoms with Crippen LogP contribution in [0.25, 0.3) is 0 Å². The Kier molecular flexibility index (Phi) is 3.82. The van der Waals surface area contributed by atoms with Gasteiger partial charge in [-0.3, -0.25) is 0 Å². The van der Waals surface area contributed by atoms with Crippen LogP contribution in [0.1, 0.15) is 5.82 Å². The average molecular weight is 327 g/mol. The lowest BCUT2D eigenvalue weighted by Crippen LogP contribution is -2.10. The highest BCUT2D eigenvalue weighted by molar-refractivity contribution is 14.1. The molecule has 16 heavy (non-hydrogen) atoms. The molecule has 1 aromatic carbocycles. The minimum atomic E-state index is 0.914. The van der Waals surface area contributed by atoms with Gasteiger partial charge in [0.1, 0.15) is 5.82 Å². The normalized spacial score (nSPS) is 10.4. The Labute approximate surface area is 109 Å². The lowest BCUT2D eigenvalue weighted by Gasteiger charge is -2.08. The predicted molar refractivity (Wildman–Crippen MR) is 74.6 cm³/mol. The van der Waals surface area contributed by atoms with E-state index in [4.69, 9.17) is 0 Å².